The molecule has 0 radical (unpaired) electrons. The molecule has 0 aliphatic carbocycles. The maximum Gasteiger partial charge on any atom is 0.417 e. The molecule has 0 N–H and O–H groups in total. The van der Waals surface area contributed by atoms with Gasteiger partial charge in [0, 0.05) is 31.5 Å². The molecule has 0 aromatic carbocycles. The Morgan fingerprint density at radius 1 is 1.39 bits per heavy atom. The van der Waals surface area contributed by atoms with E-state index in [-0.39, 0.29) is 6.42 Å². The minimum absolute atomic E-state index is 0.141. The van der Waals surface area contributed by atoms with Gasteiger partial charge in [-0.25, -0.2) is 0 Å². The summed E-state index contributed by atoms with van der Waals surface area (Å²) in [5.41, 5.74) is -2.19. The number of ketones is 1. The van der Waals surface area contributed by atoms with Gasteiger partial charge in [-0.3, -0.25) is 9.78 Å². The van der Waals surface area contributed by atoms with Crippen molar-refractivity contribution in [1.29, 1.82) is 0 Å². The molecular weight excluding hydrogens is 247 g/mol. The zero-order valence-electron chi connectivity index (χ0n) is 10.3. The van der Waals surface area contributed by atoms with Gasteiger partial charge >= 0.3 is 6.18 Å². The Hall–Kier alpha value is -1.43. The van der Waals surface area contributed by atoms with Crippen LogP contribution >= 0.6 is 0 Å². The second kappa shape index (κ2) is 5.06. The Labute approximate surface area is 103 Å². The normalized spacial score (nSPS) is 12.6. The molecule has 0 aliphatic heterocycles. The maximum atomic E-state index is 12.7. The van der Waals surface area contributed by atoms with Crippen LogP contribution in [0.25, 0.3) is 0 Å². The van der Waals surface area contributed by atoms with Crippen molar-refractivity contribution in [2.45, 2.75) is 32.0 Å². The SMILES string of the molecule is COC(C)(C)CC(=O)c1cnccc1C(F)(F)F. The van der Waals surface area contributed by atoms with Crippen molar-refractivity contribution < 1.29 is 22.7 Å². The number of nitrogens with zero attached hydrogens (tertiary/aromatic N) is 1. The molecule has 0 fully saturated rings. The van der Waals surface area contributed by atoms with Crippen LogP contribution < -0.4 is 0 Å². The number of aromatic nitrogens is 1. The lowest BCUT2D eigenvalue weighted by atomic mass is 9.95. The quantitative estimate of drug-likeness (QED) is 0.782. The second-order valence-electron chi connectivity index (χ2n) is 4.48. The minimum Gasteiger partial charge on any atom is -0.378 e. The van der Waals surface area contributed by atoms with Crippen molar-refractivity contribution in [3.63, 3.8) is 0 Å². The summed E-state index contributed by atoms with van der Waals surface area (Å²) in [4.78, 5) is 15.4. The van der Waals surface area contributed by atoms with E-state index in [2.05, 4.69) is 4.98 Å². The van der Waals surface area contributed by atoms with E-state index in [4.69, 9.17) is 4.74 Å². The first-order valence-corrected chi connectivity index (χ1v) is 5.27. The smallest absolute Gasteiger partial charge is 0.378 e. The third-order valence-corrected chi connectivity index (χ3v) is 2.57. The molecule has 0 aliphatic rings. The molecule has 18 heavy (non-hydrogen) atoms. The van der Waals surface area contributed by atoms with Gasteiger partial charge in [0.2, 0.25) is 0 Å². The van der Waals surface area contributed by atoms with Gasteiger partial charge in [-0.2, -0.15) is 13.2 Å². The van der Waals surface area contributed by atoms with Crippen LogP contribution in [0.5, 0.6) is 0 Å². The van der Waals surface area contributed by atoms with Crippen LogP contribution in [-0.2, 0) is 10.9 Å². The number of hydrogen-bond acceptors (Lipinski definition) is 3. The van der Waals surface area contributed by atoms with Crippen molar-refractivity contribution in [2.24, 2.45) is 0 Å². The summed E-state index contributed by atoms with van der Waals surface area (Å²) in [5.74, 6) is -0.637. The number of halogens is 3. The lowest BCUT2D eigenvalue weighted by Gasteiger charge is -2.22. The van der Waals surface area contributed by atoms with Gasteiger partial charge in [-0.1, -0.05) is 0 Å². The molecule has 1 aromatic rings. The van der Waals surface area contributed by atoms with Gasteiger partial charge in [0.15, 0.2) is 5.78 Å². The number of carbonyl (C=O) groups is 1. The molecule has 1 aromatic heterocycles. The lowest BCUT2D eigenvalue weighted by Crippen LogP contribution is -2.27. The average molecular weight is 261 g/mol. The standard InChI is InChI=1S/C12H14F3NO2/c1-11(2,18-3)6-10(17)8-7-16-5-4-9(8)12(13,14)15/h4-5,7H,6H2,1-3H3. The van der Waals surface area contributed by atoms with Crippen LogP contribution in [0.4, 0.5) is 13.2 Å². The number of hydrogen-bond donors (Lipinski definition) is 0. The molecule has 1 heterocycles. The number of ether oxygens (including phenoxy) is 1. The third-order valence-electron chi connectivity index (χ3n) is 2.57. The summed E-state index contributed by atoms with van der Waals surface area (Å²) in [7, 11) is 1.40. The highest BCUT2D eigenvalue weighted by Gasteiger charge is 2.36. The Morgan fingerprint density at radius 3 is 2.50 bits per heavy atom. The lowest BCUT2D eigenvalue weighted by molar-refractivity contribution is -0.138. The Bertz CT molecular complexity index is 441. The molecule has 0 amide bonds. The van der Waals surface area contributed by atoms with E-state index >= 15 is 0 Å². The summed E-state index contributed by atoms with van der Waals surface area (Å²) in [6.45, 7) is 3.27. The zero-order valence-corrected chi connectivity index (χ0v) is 10.3. The van der Waals surface area contributed by atoms with Crippen LogP contribution in [0.3, 0.4) is 0 Å². The van der Waals surface area contributed by atoms with Crippen molar-refractivity contribution >= 4 is 5.78 Å². The predicted molar refractivity (Wildman–Crippen MR) is 59.3 cm³/mol. The summed E-state index contributed by atoms with van der Waals surface area (Å²) in [6.07, 6.45) is -2.75. The highest BCUT2D eigenvalue weighted by Crippen LogP contribution is 2.32. The van der Waals surface area contributed by atoms with E-state index < -0.39 is 28.7 Å². The van der Waals surface area contributed by atoms with E-state index in [1.165, 1.54) is 7.11 Å². The van der Waals surface area contributed by atoms with Gasteiger partial charge in [0.05, 0.1) is 11.2 Å². The topological polar surface area (TPSA) is 39.2 Å². The van der Waals surface area contributed by atoms with Crippen molar-refractivity contribution in [2.75, 3.05) is 7.11 Å². The first-order chi connectivity index (χ1) is 8.17. The molecule has 0 bridgehead atoms. The fourth-order valence-electron chi connectivity index (χ4n) is 1.42. The predicted octanol–water partition coefficient (Wildman–Crippen LogP) is 3.10. The molecule has 0 saturated carbocycles. The summed E-state index contributed by atoms with van der Waals surface area (Å²) < 4.78 is 43.2. The van der Waals surface area contributed by atoms with Gasteiger partial charge < -0.3 is 4.74 Å². The molecule has 0 saturated heterocycles. The van der Waals surface area contributed by atoms with Crippen LogP contribution in [0.15, 0.2) is 18.5 Å². The van der Waals surface area contributed by atoms with E-state index in [1.807, 2.05) is 0 Å². The van der Waals surface area contributed by atoms with E-state index in [9.17, 15) is 18.0 Å². The van der Waals surface area contributed by atoms with Crippen molar-refractivity contribution in [3.05, 3.63) is 29.6 Å². The van der Waals surface area contributed by atoms with Gasteiger partial charge in [0.1, 0.15) is 0 Å². The highest BCUT2D eigenvalue weighted by molar-refractivity contribution is 5.97. The number of rotatable bonds is 4. The van der Waals surface area contributed by atoms with Crippen LogP contribution in [-0.4, -0.2) is 23.5 Å². The zero-order chi connectivity index (χ0) is 14.0. The number of pyridine rings is 1. The molecule has 100 valence electrons. The number of Topliss-reactive ketones (excluding diaryl/α,β-unsaturated/α-hetero) is 1. The average Bonchev–Trinajstić information content (AvgIpc) is 2.27. The summed E-state index contributed by atoms with van der Waals surface area (Å²) in [5, 5.41) is 0. The second-order valence-corrected chi connectivity index (χ2v) is 4.48. The highest BCUT2D eigenvalue weighted by atomic mass is 19.4. The molecule has 0 unspecified atom stereocenters. The maximum absolute atomic E-state index is 12.7. The summed E-state index contributed by atoms with van der Waals surface area (Å²) >= 11 is 0. The third kappa shape index (κ3) is 3.53. The van der Waals surface area contributed by atoms with Crippen molar-refractivity contribution in [3.8, 4) is 0 Å². The minimum atomic E-state index is -4.56. The van der Waals surface area contributed by atoms with E-state index in [1.54, 1.807) is 13.8 Å². The monoisotopic (exact) mass is 261 g/mol. The molecule has 3 nitrogen and oxygen atoms in total. The largest absolute Gasteiger partial charge is 0.417 e. The van der Waals surface area contributed by atoms with Gasteiger partial charge in [-0.05, 0) is 19.9 Å². The van der Waals surface area contributed by atoms with Crippen LogP contribution in [0, 0.1) is 0 Å². The van der Waals surface area contributed by atoms with Gasteiger partial charge in [-0.15, -0.1) is 0 Å². The molecule has 0 atom stereocenters. The summed E-state index contributed by atoms with van der Waals surface area (Å²) in [6, 6.07) is 0.799. The van der Waals surface area contributed by atoms with Crippen LogP contribution in [0.2, 0.25) is 0 Å². The van der Waals surface area contributed by atoms with Gasteiger partial charge in [0.25, 0.3) is 0 Å². The molecule has 0 spiro atoms. The number of carbonyl (C=O) groups excluding carboxylic acids is 1. The Kier molecular flexibility index (Phi) is 4.11. The molecule has 6 heteroatoms. The van der Waals surface area contributed by atoms with E-state index in [0.717, 1.165) is 18.5 Å². The fraction of sp³-hybridized carbons (Fsp3) is 0.500. The molecule has 1 rings (SSSR count). The van der Waals surface area contributed by atoms with E-state index in [0.29, 0.717) is 0 Å². The Balaban J connectivity index is 3.07. The number of alkyl halides is 3. The van der Waals surface area contributed by atoms with Crippen molar-refractivity contribution in [1.82, 2.24) is 4.98 Å². The molecular formula is C12H14F3NO2. The first-order valence-electron chi connectivity index (χ1n) is 5.27. The fourth-order valence-corrected chi connectivity index (χ4v) is 1.42. The Morgan fingerprint density at radius 2 is 2.00 bits per heavy atom. The first kappa shape index (κ1) is 14.6. The number of methoxy groups -OCH3 is 1. The van der Waals surface area contributed by atoms with Crippen LogP contribution in [0.1, 0.15) is 36.2 Å².